The van der Waals surface area contributed by atoms with E-state index in [2.05, 4.69) is 22.1 Å². The SMILES string of the molecule is CCCCC12CCC(Cl)CN1C(C(C(=O)NC1(C3CCCCC3)CN=CCC1OC)C(N)N)C2. The molecule has 0 spiro atoms. The lowest BCUT2D eigenvalue weighted by Gasteiger charge is -2.64. The third-order valence-electron chi connectivity index (χ3n) is 9.39. The molecule has 34 heavy (non-hydrogen) atoms. The zero-order valence-corrected chi connectivity index (χ0v) is 21.9. The predicted octanol–water partition coefficient (Wildman–Crippen LogP) is 3.18. The average Bonchev–Trinajstić information content (AvgIpc) is 2.83. The zero-order chi connectivity index (χ0) is 24.3. The van der Waals surface area contributed by atoms with Crippen LogP contribution in [0.2, 0.25) is 0 Å². The number of nitrogens with one attached hydrogen (secondary N) is 1. The second-order valence-electron chi connectivity index (χ2n) is 11.3. The standard InChI is InChI=1S/C26H46ClN5O2/c1-3-4-12-25-13-10-19(27)16-32(25)20(15-25)22(23(28)29)24(33)31-26(18-8-6-5-7-9-18)17-30-14-11-21(26)34-2/h14,18-23H,3-13,15-17,28-29H2,1-2H3,(H,31,33). The van der Waals surface area contributed by atoms with E-state index in [1.807, 2.05) is 6.21 Å². The summed E-state index contributed by atoms with van der Waals surface area (Å²) in [4.78, 5) is 21.2. The molecule has 7 nitrogen and oxygen atoms in total. The van der Waals surface area contributed by atoms with Crippen molar-refractivity contribution in [2.75, 3.05) is 20.2 Å². The fourth-order valence-electron chi connectivity index (χ4n) is 7.51. The van der Waals surface area contributed by atoms with Gasteiger partial charge in [0, 0.05) is 43.2 Å². The van der Waals surface area contributed by atoms with Crippen molar-refractivity contribution < 1.29 is 9.53 Å². The number of carbonyl (C=O) groups is 1. The molecule has 2 saturated heterocycles. The summed E-state index contributed by atoms with van der Waals surface area (Å²) in [7, 11) is 1.75. The fraction of sp³-hybridized carbons (Fsp3) is 0.923. The Morgan fingerprint density at radius 1 is 1.29 bits per heavy atom. The summed E-state index contributed by atoms with van der Waals surface area (Å²) in [6, 6.07) is 0.0369. The summed E-state index contributed by atoms with van der Waals surface area (Å²) in [6.07, 6.45) is 14.3. The number of halogens is 1. The van der Waals surface area contributed by atoms with Crippen molar-refractivity contribution in [1.82, 2.24) is 10.2 Å². The number of aliphatic imine (C=N–C) groups is 1. The molecule has 0 aromatic heterocycles. The van der Waals surface area contributed by atoms with E-state index in [0.29, 0.717) is 12.5 Å². The van der Waals surface area contributed by atoms with Crippen LogP contribution >= 0.6 is 11.6 Å². The topological polar surface area (TPSA) is 106 Å². The number of piperidine rings is 1. The minimum atomic E-state index is -0.721. The summed E-state index contributed by atoms with van der Waals surface area (Å²) in [5.41, 5.74) is 12.3. The summed E-state index contributed by atoms with van der Waals surface area (Å²) in [6.45, 7) is 3.61. The number of rotatable bonds is 9. The number of methoxy groups -OCH3 is 1. The molecule has 0 bridgehead atoms. The first-order valence-electron chi connectivity index (χ1n) is 13.6. The molecular formula is C26H46ClN5O2. The van der Waals surface area contributed by atoms with Crippen molar-refractivity contribution in [2.45, 2.75) is 119 Å². The first-order chi connectivity index (χ1) is 16.4. The highest BCUT2D eigenvalue weighted by atomic mass is 35.5. The predicted molar refractivity (Wildman–Crippen MR) is 138 cm³/mol. The molecule has 8 heteroatoms. The van der Waals surface area contributed by atoms with Crippen LogP contribution in [0.3, 0.4) is 0 Å². The van der Waals surface area contributed by atoms with Gasteiger partial charge in [-0.2, -0.15) is 0 Å². The van der Waals surface area contributed by atoms with Gasteiger partial charge < -0.3 is 21.5 Å². The number of fused-ring (bicyclic) bond motifs is 1. The monoisotopic (exact) mass is 495 g/mol. The van der Waals surface area contributed by atoms with Gasteiger partial charge in [-0.1, -0.05) is 39.0 Å². The van der Waals surface area contributed by atoms with E-state index >= 15 is 0 Å². The van der Waals surface area contributed by atoms with E-state index < -0.39 is 17.6 Å². The Morgan fingerprint density at radius 3 is 2.74 bits per heavy atom. The van der Waals surface area contributed by atoms with E-state index in [9.17, 15) is 4.79 Å². The van der Waals surface area contributed by atoms with E-state index in [1.165, 1.54) is 32.1 Å². The Labute approximate surface area is 210 Å². The Kier molecular flexibility index (Phi) is 8.61. The van der Waals surface area contributed by atoms with Crippen LogP contribution in [0, 0.1) is 11.8 Å². The van der Waals surface area contributed by atoms with Gasteiger partial charge in [-0.05, 0) is 44.4 Å². The highest BCUT2D eigenvalue weighted by Crippen LogP contribution is 2.50. The normalized spacial score (nSPS) is 37.8. The molecule has 4 rings (SSSR count). The van der Waals surface area contributed by atoms with Gasteiger partial charge in [-0.25, -0.2) is 0 Å². The van der Waals surface area contributed by atoms with Crippen molar-refractivity contribution in [1.29, 1.82) is 0 Å². The molecule has 1 aliphatic carbocycles. The summed E-state index contributed by atoms with van der Waals surface area (Å²) in [5, 5.41) is 3.62. The van der Waals surface area contributed by atoms with E-state index in [-0.39, 0.29) is 29.0 Å². The number of nitrogens with two attached hydrogens (primary N) is 2. The lowest BCUT2D eigenvalue weighted by Crippen LogP contribution is -2.75. The van der Waals surface area contributed by atoms with Gasteiger partial charge in [0.25, 0.3) is 0 Å². The largest absolute Gasteiger partial charge is 0.379 e. The highest BCUT2D eigenvalue weighted by Gasteiger charge is 2.58. The van der Waals surface area contributed by atoms with Crippen LogP contribution in [0.15, 0.2) is 4.99 Å². The van der Waals surface area contributed by atoms with Gasteiger partial charge in [0.2, 0.25) is 5.91 Å². The Morgan fingerprint density at radius 2 is 2.06 bits per heavy atom. The van der Waals surface area contributed by atoms with Crippen LogP contribution in [0.5, 0.6) is 0 Å². The van der Waals surface area contributed by atoms with Gasteiger partial charge in [0.15, 0.2) is 0 Å². The van der Waals surface area contributed by atoms with Crippen molar-refractivity contribution in [2.24, 2.45) is 28.3 Å². The molecule has 4 aliphatic rings. The maximum Gasteiger partial charge on any atom is 0.228 e. The third kappa shape index (κ3) is 4.93. The Balaban J connectivity index is 1.57. The van der Waals surface area contributed by atoms with Crippen molar-refractivity contribution >= 4 is 23.7 Å². The number of ether oxygens (including phenoxy) is 1. The second kappa shape index (κ2) is 11.1. The average molecular weight is 496 g/mol. The maximum absolute atomic E-state index is 14.0. The molecule has 194 valence electrons. The fourth-order valence-corrected chi connectivity index (χ4v) is 7.77. The van der Waals surface area contributed by atoms with Crippen LogP contribution in [-0.2, 0) is 9.53 Å². The lowest BCUT2D eigenvalue weighted by atomic mass is 9.65. The minimum Gasteiger partial charge on any atom is -0.379 e. The molecule has 0 aromatic rings. The smallest absolute Gasteiger partial charge is 0.228 e. The van der Waals surface area contributed by atoms with Gasteiger partial charge >= 0.3 is 0 Å². The molecule has 6 atom stereocenters. The van der Waals surface area contributed by atoms with Crippen molar-refractivity contribution in [3.63, 3.8) is 0 Å². The molecule has 6 unspecified atom stereocenters. The molecule has 0 radical (unpaired) electrons. The first kappa shape index (κ1) is 26.3. The van der Waals surface area contributed by atoms with Crippen LogP contribution in [0.25, 0.3) is 0 Å². The van der Waals surface area contributed by atoms with Gasteiger partial charge in [-0.3, -0.25) is 14.7 Å². The van der Waals surface area contributed by atoms with Crippen LogP contribution < -0.4 is 16.8 Å². The number of carbonyl (C=O) groups excluding carboxylic acids is 1. The highest BCUT2D eigenvalue weighted by molar-refractivity contribution is 6.20. The van der Waals surface area contributed by atoms with Crippen molar-refractivity contribution in [3.8, 4) is 0 Å². The summed E-state index contributed by atoms with van der Waals surface area (Å²) < 4.78 is 5.97. The van der Waals surface area contributed by atoms with E-state index in [4.69, 9.17) is 27.8 Å². The van der Waals surface area contributed by atoms with Crippen molar-refractivity contribution in [3.05, 3.63) is 0 Å². The second-order valence-corrected chi connectivity index (χ2v) is 12.0. The number of alkyl halides is 1. The maximum atomic E-state index is 14.0. The van der Waals surface area contributed by atoms with E-state index in [0.717, 1.165) is 51.5 Å². The molecule has 3 heterocycles. The number of hydrogen-bond donors (Lipinski definition) is 3. The molecule has 3 aliphatic heterocycles. The molecule has 5 N–H and O–H groups in total. The molecular weight excluding hydrogens is 450 g/mol. The first-order valence-corrected chi connectivity index (χ1v) is 14.1. The summed E-state index contributed by atoms with van der Waals surface area (Å²) >= 11 is 6.62. The number of hydrogen-bond acceptors (Lipinski definition) is 6. The van der Waals surface area contributed by atoms with Gasteiger partial charge in [0.05, 0.1) is 30.3 Å². The van der Waals surface area contributed by atoms with Gasteiger partial charge in [0.1, 0.15) is 0 Å². The molecule has 1 saturated carbocycles. The van der Waals surface area contributed by atoms with E-state index in [1.54, 1.807) is 7.11 Å². The number of unbranched alkanes of at least 4 members (excludes halogenated alkanes) is 1. The van der Waals surface area contributed by atoms with Crippen LogP contribution in [0.1, 0.15) is 84.0 Å². The Bertz CT molecular complexity index is 726. The number of amides is 1. The van der Waals surface area contributed by atoms with Crippen LogP contribution in [0.4, 0.5) is 0 Å². The van der Waals surface area contributed by atoms with Gasteiger partial charge in [-0.15, -0.1) is 11.6 Å². The lowest BCUT2D eigenvalue weighted by molar-refractivity contribution is -0.154. The summed E-state index contributed by atoms with van der Waals surface area (Å²) in [5.74, 6) is -0.152. The van der Waals surface area contributed by atoms with Crippen LogP contribution in [-0.4, -0.2) is 72.0 Å². The molecule has 1 amide bonds. The Hall–Kier alpha value is -0.730. The number of nitrogens with zero attached hydrogens (tertiary/aromatic N) is 2. The molecule has 3 fully saturated rings. The quantitative estimate of drug-likeness (QED) is 0.336. The molecule has 0 aromatic carbocycles. The third-order valence-corrected chi connectivity index (χ3v) is 9.75. The zero-order valence-electron chi connectivity index (χ0n) is 21.2. The minimum absolute atomic E-state index is 0.0366.